The number of hydrogen-bond acceptors (Lipinski definition) is 6. The number of rotatable bonds is 52. The molecule has 6 heteroatoms. The molecule has 0 rings (SSSR count). The minimum atomic E-state index is -0.809. The quantitative estimate of drug-likeness (QED) is 0.0262. The van der Waals surface area contributed by atoms with E-state index in [9.17, 15) is 14.4 Å². The van der Waals surface area contributed by atoms with Crippen LogP contribution in [0, 0.1) is 0 Å². The molecule has 0 aromatic rings. The third kappa shape index (κ3) is 55.4. The molecule has 0 aliphatic heterocycles. The van der Waals surface area contributed by atoms with Crippen molar-refractivity contribution in [1.29, 1.82) is 0 Å². The van der Waals surface area contributed by atoms with Crippen LogP contribution >= 0.6 is 0 Å². The van der Waals surface area contributed by atoms with Crippen LogP contribution in [0.1, 0.15) is 278 Å². The van der Waals surface area contributed by atoms with Gasteiger partial charge < -0.3 is 14.2 Å². The van der Waals surface area contributed by atoms with Crippen LogP contribution < -0.4 is 0 Å². The summed E-state index contributed by atoms with van der Waals surface area (Å²) in [6, 6.07) is 0. The van der Waals surface area contributed by atoms with E-state index in [1.807, 2.05) is 0 Å². The fourth-order valence-electron chi connectivity index (χ4n) is 8.04. The highest BCUT2D eigenvalue weighted by atomic mass is 16.6. The fourth-order valence-corrected chi connectivity index (χ4v) is 8.04. The molecule has 1 unspecified atom stereocenters. The third-order valence-electron chi connectivity index (χ3n) is 12.4. The lowest BCUT2D eigenvalue weighted by Gasteiger charge is -2.18. The summed E-state index contributed by atoms with van der Waals surface area (Å²) in [5, 5.41) is 0. The first kappa shape index (κ1) is 65.6. The van der Waals surface area contributed by atoms with Gasteiger partial charge in [-0.05, 0) is 89.9 Å². The summed E-state index contributed by atoms with van der Waals surface area (Å²) in [5.41, 5.74) is 0. The van der Waals surface area contributed by atoms with E-state index in [0.717, 1.165) is 89.9 Å². The zero-order valence-corrected chi connectivity index (χ0v) is 45.3. The highest BCUT2D eigenvalue weighted by Crippen LogP contribution is 2.16. The van der Waals surface area contributed by atoms with E-state index in [-0.39, 0.29) is 37.5 Å². The first-order valence-electron chi connectivity index (χ1n) is 29.1. The van der Waals surface area contributed by atoms with Gasteiger partial charge in [0.25, 0.3) is 0 Å². The van der Waals surface area contributed by atoms with Crippen LogP contribution in [0.3, 0.4) is 0 Å². The van der Waals surface area contributed by atoms with Gasteiger partial charge in [-0.1, -0.05) is 254 Å². The zero-order valence-electron chi connectivity index (χ0n) is 45.3. The first-order valence-corrected chi connectivity index (χ1v) is 29.1. The van der Waals surface area contributed by atoms with Crippen LogP contribution in [-0.4, -0.2) is 37.2 Å². The summed E-state index contributed by atoms with van der Waals surface area (Å²) in [7, 11) is 0. The summed E-state index contributed by atoms with van der Waals surface area (Å²) in [5.74, 6) is -0.959. The Bertz CT molecular complexity index is 1330. The molecule has 0 spiro atoms. The normalized spacial score (nSPS) is 12.7. The highest BCUT2D eigenvalue weighted by molar-refractivity contribution is 5.71. The van der Waals surface area contributed by atoms with Crippen molar-refractivity contribution in [3.63, 3.8) is 0 Å². The maximum Gasteiger partial charge on any atom is 0.306 e. The predicted molar refractivity (Wildman–Crippen MR) is 297 cm³/mol. The van der Waals surface area contributed by atoms with E-state index >= 15 is 0 Å². The van der Waals surface area contributed by atoms with Crippen LogP contribution in [0.15, 0.2) is 85.1 Å². The Morgan fingerprint density at radius 1 is 0.304 bits per heavy atom. The number of hydrogen-bond donors (Lipinski definition) is 0. The molecule has 0 aromatic heterocycles. The Kier molecular flexibility index (Phi) is 54.3. The molecule has 0 aliphatic carbocycles. The molecule has 0 aromatic carbocycles. The van der Waals surface area contributed by atoms with Crippen LogP contribution in [0.25, 0.3) is 0 Å². The molecule has 69 heavy (non-hydrogen) atoms. The Morgan fingerprint density at radius 3 is 0.942 bits per heavy atom. The first-order chi connectivity index (χ1) is 34.0. The van der Waals surface area contributed by atoms with Crippen molar-refractivity contribution in [2.24, 2.45) is 0 Å². The molecule has 0 bridgehead atoms. The molecule has 0 saturated carbocycles. The minimum Gasteiger partial charge on any atom is -0.462 e. The third-order valence-corrected chi connectivity index (χ3v) is 12.4. The maximum absolute atomic E-state index is 12.8. The van der Waals surface area contributed by atoms with Gasteiger partial charge in [-0.15, -0.1) is 0 Å². The number of unbranched alkanes of at least 4 members (excludes halogenated alkanes) is 27. The lowest BCUT2D eigenvalue weighted by Crippen LogP contribution is -2.30. The van der Waals surface area contributed by atoms with E-state index < -0.39 is 6.10 Å². The average molecular weight is 962 g/mol. The predicted octanol–water partition coefficient (Wildman–Crippen LogP) is 19.5. The van der Waals surface area contributed by atoms with Crippen molar-refractivity contribution in [3.8, 4) is 0 Å². The topological polar surface area (TPSA) is 78.9 Å². The van der Waals surface area contributed by atoms with Crippen molar-refractivity contribution in [2.75, 3.05) is 13.2 Å². The summed E-state index contributed by atoms with van der Waals surface area (Å²) in [6.45, 7) is 6.48. The monoisotopic (exact) mass is 961 g/mol. The second-order valence-electron chi connectivity index (χ2n) is 19.2. The number of carbonyl (C=O) groups is 3. The molecule has 0 radical (unpaired) electrons. The highest BCUT2D eigenvalue weighted by Gasteiger charge is 2.19. The molecule has 396 valence electrons. The van der Waals surface area contributed by atoms with Crippen molar-refractivity contribution < 1.29 is 28.6 Å². The van der Waals surface area contributed by atoms with Gasteiger partial charge in [0.1, 0.15) is 13.2 Å². The number of carbonyl (C=O) groups excluding carboxylic acids is 3. The molecule has 0 heterocycles. The second kappa shape index (κ2) is 57.2. The van der Waals surface area contributed by atoms with Crippen molar-refractivity contribution in [3.05, 3.63) is 85.1 Å². The van der Waals surface area contributed by atoms with E-state index in [1.54, 1.807) is 0 Å². The van der Waals surface area contributed by atoms with Gasteiger partial charge in [0.15, 0.2) is 6.10 Å². The molecule has 0 amide bonds. The average Bonchev–Trinajstić information content (AvgIpc) is 3.35. The number of esters is 3. The molecule has 0 aliphatic rings. The molecule has 0 N–H and O–H groups in total. The van der Waals surface area contributed by atoms with Gasteiger partial charge in [0.05, 0.1) is 0 Å². The van der Waals surface area contributed by atoms with Crippen LogP contribution in [0.2, 0.25) is 0 Å². The van der Waals surface area contributed by atoms with Crippen LogP contribution in [-0.2, 0) is 28.6 Å². The molecule has 0 saturated heterocycles. The largest absolute Gasteiger partial charge is 0.462 e. The maximum atomic E-state index is 12.8. The molecule has 6 nitrogen and oxygen atoms in total. The Balaban J connectivity index is 4.47. The SMILES string of the molecule is CC/C=C\C/C=C\C/C=C\C/C=C\C/C=C\CCCC(=O)OC(COC(=O)CCCCCCCCC/C=C\C/C=C\CCCCCC)COC(=O)CCCCCCCCCCCCCCCCCC. The lowest BCUT2D eigenvalue weighted by atomic mass is 10.0. The summed E-state index contributed by atoms with van der Waals surface area (Å²) >= 11 is 0. The number of allylic oxidation sites excluding steroid dienone is 14. The van der Waals surface area contributed by atoms with Gasteiger partial charge >= 0.3 is 17.9 Å². The summed E-state index contributed by atoms with van der Waals surface area (Å²) in [4.78, 5) is 38.2. The zero-order chi connectivity index (χ0) is 50.0. The molecular weight excluding hydrogens is 853 g/mol. The van der Waals surface area contributed by atoms with Gasteiger partial charge in [-0.25, -0.2) is 0 Å². The van der Waals surface area contributed by atoms with Gasteiger partial charge in [0.2, 0.25) is 0 Å². The standard InChI is InChI=1S/C63H108O6/c1-4-7-10-13-16-19-22-25-28-31-33-35-38-41-44-47-50-53-56-62(65)68-59-60(58-67-61(64)55-52-49-46-43-40-37-34-30-27-24-21-18-15-12-9-6-3)69-63(66)57-54-51-48-45-42-39-36-32-29-26-23-20-17-14-11-8-5-2/h8,11,17,19-20,22,26,28-29,31,36,39,45,48,60H,4-7,9-10,12-16,18,21,23-25,27,30,32-35,37-38,40-44,46-47,49-59H2,1-3H3/b11-8-,20-17-,22-19-,29-26-,31-28-,39-36-,48-45-. The number of ether oxygens (including phenoxy) is 3. The smallest absolute Gasteiger partial charge is 0.306 e. The Hall–Kier alpha value is -3.41. The van der Waals surface area contributed by atoms with Crippen LogP contribution in [0.4, 0.5) is 0 Å². The summed E-state index contributed by atoms with van der Waals surface area (Å²) in [6.07, 6.45) is 74.3. The Labute approximate surface area is 426 Å². The van der Waals surface area contributed by atoms with E-state index in [1.165, 1.54) is 141 Å². The fraction of sp³-hybridized carbons (Fsp3) is 0.730. The van der Waals surface area contributed by atoms with Crippen LogP contribution in [0.5, 0.6) is 0 Å². The molecular formula is C63H108O6. The van der Waals surface area contributed by atoms with E-state index in [2.05, 4.69) is 106 Å². The Morgan fingerprint density at radius 2 is 0.580 bits per heavy atom. The van der Waals surface area contributed by atoms with E-state index in [4.69, 9.17) is 14.2 Å². The van der Waals surface area contributed by atoms with Crippen molar-refractivity contribution in [2.45, 2.75) is 284 Å². The lowest BCUT2D eigenvalue weighted by molar-refractivity contribution is -0.167. The van der Waals surface area contributed by atoms with Crippen molar-refractivity contribution >= 4 is 17.9 Å². The minimum absolute atomic E-state index is 0.0997. The molecule has 0 fully saturated rings. The van der Waals surface area contributed by atoms with Gasteiger partial charge in [0, 0.05) is 19.3 Å². The summed E-state index contributed by atoms with van der Waals surface area (Å²) < 4.78 is 16.8. The van der Waals surface area contributed by atoms with Gasteiger partial charge in [-0.2, -0.15) is 0 Å². The van der Waals surface area contributed by atoms with E-state index in [0.29, 0.717) is 19.3 Å². The second-order valence-corrected chi connectivity index (χ2v) is 19.2. The molecule has 1 atom stereocenters. The van der Waals surface area contributed by atoms with Crippen molar-refractivity contribution in [1.82, 2.24) is 0 Å². The van der Waals surface area contributed by atoms with Gasteiger partial charge in [-0.3, -0.25) is 14.4 Å².